The fraction of sp³-hybridized carbons (Fsp3) is 0.333. The molecule has 162 valence electrons. The Morgan fingerprint density at radius 2 is 1.90 bits per heavy atom. The average Bonchev–Trinajstić information content (AvgIpc) is 2.75. The summed E-state index contributed by atoms with van der Waals surface area (Å²) >= 11 is 12.7. The minimum Gasteiger partial charge on any atom is -0.357 e. The van der Waals surface area contributed by atoms with Gasteiger partial charge in [0.05, 0.1) is 17.4 Å². The number of allylic oxidation sites excluding steroid dienone is 1. The van der Waals surface area contributed by atoms with Gasteiger partial charge in [0.2, 0.25) is 5.91 Å². The topological polar surface area (TPSA) is 49.4 Å². The highest BCUT2D eigenvalue weighted by Crippen LogP contribution is 2.49. The Bertz CT molecular complexity index is 1160. The Balaban J connectivity index is 2.07. The van der Waals surface area contributed by atoms with Crippen LogP contribution in [0.4, 0.5) is 15.8 Å². The van der Waals surface area contributed by atoms with Crippen molar-refractivity contribution in [3.63, 3.8) is 0 Å². The van der Waals surface area contributed by atoms with E-state index in [0.29, 0.717) is 51.0 Å². The lowest BCUT2D eigenvalue weighted by molar-refractivity contribution is -0.118. The van der Waals surface area contributed by atoms with Gasteiger partial charge in [0.15, 0.2) is 5.78 Å². The number of ketones is 1. The zero-order chi connectivity index (χ0) is 22.7. The molecule has 1 N–H and O–H groups in total. The van der Waals surface area contributed by atoms with E-state index in [4.69, 9.17) is 23.2 Å². The standard InChI is InChI=1S/C24H23Cl2FN2O2/c1-12-7-18-20(9-17(12)27)29(13(2)30)23(15-6-5-14(25)8-16(15)26)22-19(28-18)10-24(3,4)11-21(22)31/h5-9,23,28H,10-11H2,1-4H3. The van der Waals surface area contributed by atoms with Gasteiger partial charge in [0, 0.05) is 40.7 Å². The Morgan fingerprint density at radius 3 is 2.55 bits per heavy atom. The van der Waals surface area contributed by atoms with Gasteiger partial charge in [-0.2, -0.15) is 0 Å². The van der Waals surface area contributed by atoms with E-state index in [2.05, 4.69) is 5.32 Å². The second-order valence-electron chi connectivity index (χ2n) is 9.03. The second-order valence-corrected chi connectivity index (χ2v) is 9.88. The maximum Gasteiger partial charge on any atom is 0.224 e. The third-order valence-electron chi connectivity index (χ3n) is 5.87. The molecule has 1 amide bonds. The molecule has 1 atom stereocenters. The zero-order valence-electron chi connectivity index (χ0n) is 17.8. The molecular weight excluding hydrogens is 438 g/mol. The third kappa shape index (κ3) is 3.85. The number of carbonyl (C=O) groups is 2. The predicted octanol–water partition coefficient (Wildman–Crippen LogP) is 6.60. The number of carbonyl (C=O) groups excluding carboxylic acids is 2. The van der Waals surface area contributed by atoms with Gasteiger partial charge in [-0.25, -0.2) is 4.39 Å². The Morgan fingerprint density at radius 1 is 1.19 bits per heavy atom. The van der Waals surface area contributed by atoms with Crippen molar-refractivity contribution in [3.05, 3.63) is 68.6 Å². The van der Waals surface area contributed by atoms with E-state index in [-0.39, 0.29) is 17.1 Å². The van der Waals surface area contributed by atoms with Crippen LogP contribution in [-0.2, 0) is 9.59 Å². The molecule has 2 aromatic rings. The van der Waals surface area contributed by atoms with Crippen LogP contribution in [-0.4, -0.2) is 11.7 Å². The van der Waals surface area contributed by atoms with E-state index in [1.165, 1.54) is 17.9 Å². The van der Waals surface area contributed by atoms with Crippen LogP contribution in [0.5, 0.6) is 0 Å². The number of hydrogen-bond donors (Lipinski definition) is 1. The number of fused-ring (bicyclic) bond motifs is 1. The number of halogens is 3. The van der Waals surface area contributed by atoms with Crippen molar-refractivity contribution in [2.75, 3.05) is 10.2 Å². The van der Waals surface area contributed by atoms with E-state index < -0.39 is 11.9 Å². The van der Waals surface area contributed by atoms with Gasteiger partial charge < -0.3 is 5.32 Å². The highest BCUT2D eigenvalue weighted by atomic mass is 35.5. The number of nitrogens with one attached hydrogen (secondary N) is 1. The molecule has 1 aliphatic carbocycles. The van der Waals surface area contributed by atoms with Gasteiger partial charge in [-0.3, -0.25) is 14.5 Å². The minimum absolute atomic E-state index is 0.0639. The molecule has 0 bridgehead atoms. The Labute approximate surface area is 191 Å². The van der Waals surface area contributed by atoms with Crippen molar-refractivity contribution in [2.24, 2.45) is 5.41 Å². The Kier molecular flexibility index (Phi) is 5.39. The van der Waals surface area contributed by atoms with E-state index in [1.54, 1.807) is 31.2 Å². The third-order valence-corrected chi connectivity index (χ3v) is 6.43. The molecule has 31 heavy (non-hydrogen) atoms. The number of hydrogen-bond acceptors (Lipinski definition) is 3. The molecular formula is C24H23Cl2FN2O2. The summed E-state index contributed by atoms with van der Waals surface area (Å²) in [6.45, 7) is 7.14. The van der Waals surface area contributed by atoms with Crippen molar-refractivity contribution < 1.29 is 14.0 Å². The first-order chi connectivity index (χ1) is 14.5. The summed E-state index contributed by atoms with van der Waals surface area (Å²) in [6, 6.07) is 7.19. The number of rotatable bonds is 1. The molecule has 0 radical (unpaired) electrons. The molecule has 4 rings (SSSR count). The Hall–Kier alpha value is -2.37. The van der Waals surface area contributed by atoms with Gasteiger partial charge >= 0.3 is 0 Å². The fourth-order valence-corrected chi connectivity index (χ4v) is 5.05. The molecule has 2 aliphatic rings. The molecule has 0 saturated heterocycles. The zero-order valence-corrected chi connectivity index (χ0v) is 19.3. The SMILES string of the molecule is CC(=O)N1c2cc(F)c(C)cc2NC2=C(C(=O)CC(C)(C)C2)C1c1ccc(Cl)cc1Cl. The maximum absolute atomic E-state index is 14.6. The first-order valence-electron chi connectivity index (χ1n) is 10.1. The number of amides is 1. The van der Waals surface area contributed by atoms with Crippen LogP contribution in [0.3, 0.4) is 0 Å². The first kappa shape index (κ1) is 21.8. The minimum atomic E-state index is -0.795. The summed E-state index contributed by atoms with van der Waals surface area (Å²) in [5.74, 6) is -0.820. The molecule has 2 aromatic carbocycles. The summed E-state index contributed by atoms with van der Waals surface area (Å²) in [7, 11) is 0. The van der Waals surface area contributed by atoms with Gasteiger partial charge in [-0.05, 0) is 48.1 Å². The molecule has 1 heterocycles. The number of aryl methyl sites for hydroxylation is 1. The van der Waals surface area contributed by atoms with Crippen LogP contribution in [0.1, 0.15) is 50.8 Å². The second kappa shape index (κ2) is 7.64. The van der Waals surface area contributed by atoms with E-state index >= 15 is 0 Å². The maximum atomic E-state index is 14.6. The average molecular weight is 461 g/mol. The normalized spacial score (nSPS) is 20.0. The number of nitrogens with zero attached hydrogens (tertiary/aromatic N) is 1. The van der Waals surface area contributed by atoms with Crippen LogP contribution in [0.25, 0.3) is 0 Å². The van der Waals surface area contributed by atoms with Crippen LogP contribution in [0.2, 0.25) is 10.0 Å². The van der Waals surface area contributed by atoms with Crippen LogP contribution in [0.15, 0.2) is 41.6 Å². The number of Topliss-reactive ketones (excluding diaryl/α,β-unsaturated/α-hetero) is 1. The van der Waals surface area contributed by atoms with Crippen molar-refractivity contribution in [1.29, 1.82) is 0 Å². The summed E-state index contributed by atoms with van der Waals surface area (Å²) in [5, 5.41) is 4.14. The van der Waals surface area contributed by atoms with Crippen molar-refractivity contribution in [3.8, 4) is 0 Å². The molecule has 0 spiro atoms. The van der Waals surface area contributed by atoms with E-state index in [1.807, 2.05) is 13.8 Å². The predicted molar refractivity (Wildman–Crippen MR) is 122 cm³/mol. The van der Waals surface area contributed by atoms with Gasteiger partial charge in [-0.15, -0.1) is 0 Å². The van der Waals surface area contributed by atoms with Gasteiger partial charge in [0.25, 0.3) is 0 Å². The highest BCUT2D eigenvalue weighted by molar-refractivity contribution is 6.35. The summed E-state index contributed by atoms with van der Waals surface area (Å²) in [6.07, 6.45) is 0.947. The molecule has 1 unspecified atom stereocenters. The lowest BCUT2D eigenvalue weighted by atomic mass is 9.73. The smallest absolute Gasteiger partial charge is 0.224 e. The van der Waals surface area contributed by atoms with E-state index in [0.717, 1.165) is 5.70 Å². The number of benzene rings is 2. The summed E-state index contributed by atoms with van der Waals surface area (Å²) in [5.41, 5.74) is 2.92. The molecule has 0 saturated carbocycles. The molecule has 7 heteroatoms. The molecule has 0 fully saturated rings. The molecule has 0 aromatic heterocycles. The quantitative estimate of drug-likeness (QED) is 0.520. The van der Waals surface area contributed by atoms with Crippen molar-refractivity contribution >= 4 is 46.3 Å². The lowest BCUT2D eigenvalue weighted by Gasteiger charge is -2.37. The van der Waals surface area contributed by atoms with Gasteiger partial charge in [-0.1, -0.05) is 43.1 Å². The summed E-state index contributed by atoms with van der Waals surface area (Å²) < 4.78 is 14.6. The van der Waals surface area contributed by atoms with E-state index in [9.17, 15) is 14.0 Å². The van der Waals surface area contributed by atoms with Crippen LogP contribution < -0.4 is 10.2 Å². The van der Waals surface area contributed by atoms with Crippen LogP contribution >= 0.6 is 23.2 Å². The monoisotopic (exact) mass is 460 g/mol. The fourth-order valence-electron chi connectivity index (χ4n) is 4.53. The van der Waals surface area contributed by atoms with Crippen LogP contribution in [0, 0.1) is 18.2 Å². The first-order valence-corrected chi connectivity index (χ1v) is 10.8. The van der Waals surface area contributed by atoms with Gasteiger partial charge in [0.1, 0.15) is 5.82 Å². The molecule has 4 nitrogen and oxygen atoms in total. The largest absolute Gasteiger partial charge is 0.357 e. The summed E-state index contributed by atoms with van der Waals surface area (Å²) in [4.78, 5) is 27.8. The van der Waals surface area contributed by atoms with Crippen molar-refractivity contribution in [2.45, 2.75) is 46.6 Å². The molecule has 1 aliphatic heterocycles. The lowest BCUT2D eigenvalue weighted by Crippen LogP contribution is -2.38. The highest BCUT2D eigenvalue weighted by Gasteiger charge is 2.43. The number of anilines is 2. The van der Waals surface area contributed by atoms with Crippen molar-refractivity contribution in [1.82, 2.24) is 0 Å².